The predicted octanol–water partition coefficient (Wildman–Crippen LogP) is 1.32. The average Bonchev–Trinajstić information content (AvgIpc) is 2.85. The van der Waals surface area contributed by atoms with E-state index in [9.17, 15) is 4.79 Å². The number of aromatic nitrogens is 1. The van der Waals surface area contributed by atoms with Crippen LogP contribution in [0.15, 0.2) is 5.38 Å². The summed E-state index contributed by atoms with van der Waals surface area (Å²) in [5.74, 6) is 0.359. The smallest absolute Gasteiger partial charge is 0.223 e. The van der Waals surface area contributed by atoms with E-state index < -0.39 is 0 Å². The lowest BCUT2D eigenvalue weighted by Gasteiger charge is -2.21. The summed E-state index contributed by atoms with van der Waals surface area (Å²) >= 11 is 1.66. The molecule has 0 aromatic carbocycles. The van der Waals surface area contributed by atoms with Gasteiger partial charge in [-0.25, -0.2) is 4.98 Å². The first kappa shape index (κ1) is 12.5. The number of aryl methyl sites for hydroxylation is 1. The molecule has 17 heavy (non-hydrogen) atoms. The maximum Gasteiger partial charge on any atom is 0.223 e. The molecule has 0 aliphatic carbocycles. The molecule has 0 saturated carbocycles. The SMILES string of the molecule is CCc1nc(CNC(=O)C2CCNCC2)cs1. The second kappa shape index (κ2) is 6.12. The Hall–Kier alpha value is -0.940. The molecule has 1 aliphatic rings. The lowest BCUT2D eigenvalue weighted by molar-refractivity contribution is -0.125. The van der Waals surface area contributed by atoms with Crippen LogP contribution in [0.1, 0.15) is 30.5 Å². The van der Waals surface area contributed by atoms with Crippen LogP contribution in [0.2, 0.25) is 0 Å². The highest BCUT2D eigenvalue weighted by atomic mass is 32.1. The van der Waals surface area contributed by atoms with Crippen molar-refractivity contribution in [3.8, 4) is 0 Å². The summed E-state index contributed by atoms with van der Waals surface area (Å²) in [7, 11) is 0. The second-order valence-electron chi connectivity index (χ2n) is 4.33. The summed E-state index contributed by atoms with van der Waals surface area (Å²) in [6, 6.07) is 0. The number of carbonyl (C=O) groups is 1. The Morgan fingerprint density at radius 1 is 1.59 bits per heavy atom. The number of nitrogens with one attached hydrogen (secondary N) is 2. The number of amides is 1. The second-order valence-corrected chi connectivity index (χ2v) is 5.27. The fourth-order valence-electron chi connectivity index (χ4n) is 2.00. The number of carbonyl (C=O) groups excluding carboxylic acids is 1. The van der Waals surface area contributed by atoms with Gasteiger partial charge in [-0.3, -0.25) is 4.79 Å². The zero-order valence-electron chi connectivity index (χ0n) is 10.2. The van der Waals surface area contributed by atoms with Gasteiger partial charge in [0.25, 0.3) is 0 Å². The van der Waals surface area contributed by atoms with E-state index in [-0.39, 0.29) is 11.8 Å². The number of rotatable bonds is 4. The van der Waals surface area contributed by atoms with Crippen molar-refractivity contribution in [3.05, 3.63) is 16.1 Å². The molecule has 2 rings (SSSR count). The minimum absolute atomic E-state index is 0.178. The molecule has 1 fully saturated rings. The maximum absolute atomic E-state index is 11.9. The molecule has 1 amide bonds. The van der Waals surface area contributed by atoms with Crippen LogP contribution >= 0.6 is 11.3 Å². The standard InChI is InChI=1S/C12H19N3OS/c1-2-11-15-10(8-17-11)7-14-12(16)9-3-5-13-6-4-9/h8-9,13H,2-7H2,1H3,(H,14,16). The number of thiazole rings is 1. The van der Waals surface area contributed by atoms with Crippen LogP contribution in [0, 0.1) is 5.92 Å². The predicted molar refractivity (Wildman–Crippen MR) is 68.9 cm³/mol. The Morgan fingerprint density at radius 3 is 3.00 bits per heavy atom. The van der Waals surface area contributed by atoms with Gasteiger partial charge in [0.05, 0.1) is 17.2 Å². The summed E-state index contributed by atoms with van der Waals surface area (Å²) in [4.78, 5) is 16.3. The van der Waals surface area contributed by atoms with Gasteiger partial charge >= 0.3 is 0 Å². The molecule has 1 aliphatic heterocycles. The van der Waals surface area contributed by atoms with Gasteiger partial charge in [-0.05, 0) is 32.4 Å². The monoisotopic (exact) mass is 253 g/mol. The molecule has 1 aromatic heterocycles. The van der Waals surface area contributed by atoms with Crippen LogP contribution in [0.4, 0.5) is 0 Å². The van der Waals surface area contributed by atoms with Crippen LogP contribution in [0.3, 0.4) is 0 Å². The highest BCUT2D eigenvalue weighted by Gasteiger charge is 2.20. The summed E-state index contributed by atoms with van der Waals surface area (Å²) in [5, 5.41) is 9.41. The molecule has 2 N–H and O–H groups in total. The van der Waals surface area contributed by atoms with Crippen LogP contribution in [-0.2, 0) is 17.8 Å². The zero-order valence-corrected chi connectivity index (χ0v) is 11.0. The first-order valence-corrected chi connectivity index (χ1v) is 7.09. The fourth-order valence-corrected chi connectivity index (χ4v) is 2.74. The minimum atomic E-state index is 0.178. The Balaban J connectivity index is 1.78. The van der Waals surface area contributed by atoms with Gasteiger partial charge < -0.3 is 10.6 Å². The zero-order chi connectivity index (χ0) is 12.1. The molecular weight excluding hydrogens is 234 g/mol. The van der Waals surface area contributed by atoms with Crippen LogP contribution < -0.4 is 10.6 Å². The topological polar surface area (TPSA) is 54.0 Å². The van der Waals surface area contributed by atoms with Crippen molar-refractivity contribution in [1.82, 2.24) is 15.6 Å². The van der Waals surface area contributed by atoms with Crippen LogP contribution in [0.5, 0.6) is 0 Å². The quantitative estimate of drug-likeness (QED) is 0.851. The first-order chi connectivity index (χ1) is 8.29. The van der Waals surface area contributed by atoms with E-state index in [0.29, 0.717) is 6.54 Å². The van der Waals surface area contributed by atoms with Crippen molar-refractivity contribution in [1.29, 1.82) is 0 Å². The third kappa shape index (κ3) is 3.51. The van der Waals surface area contributed by atoms with Crippen LogP contribution in [-0.4, -0.2) is 24.0 Å². The lowest BCUT2D eigenvalue weighted by Crippen LogP contribution is -2.37. The average molecular weight is 253 g/mol. The van der Waals surface area contributed by atoms with Crippen molar-refractivity contribution in [2.24, 2.45) is 5.92 Å². The summed E-state index contributed by atoms with van der Waals surface area (Å²) in [5.41, 5.74) is 0.981. The van der Waals surface area contributed by atoms with E-state index in [1.807, 2.05) is 5.38 Å². The Bertz CT molecular complexity index is 372. The summed E-state index contributed by atoms with van der Waals surface area (Å²) in [6.45, 7) is 4.57. The van der Waals surface area contributed by atoms with E-state index >= 15 is 0 Å². The molecule has 0 atom stereocenters. The lowest BCUT2D eigenvalue weighted by atomic mass is 9.97. The summed E-state index contributed by atoms with van der Waals surface area (Å²) < 4.78 is 0. The summed E-state index contributed by atoms with van der Waals surface area (Å²) in [6.07, 6.45) is 2.86. The Kier molecular flexibility index (Phi) is 4.50. The highest BCUT2D eigenvalue weighted by Crippen LogP contribution is 2.13. The fraction of sp³-hybridized carbons (Fsp3) is 0.667. The van der Waals surface area contributed by atoms with Gasteiger partial charge in [-0.1, -0.05) is 6.92 Å². The maximum atomic E-state index is 11.9. The minimum Gasteiger partial charge on any atom is -0.350 e. The molecule has 94 valence electrons. The van der Waals surface area contributed by atoms with Crippen molar-refractivity contribution >= 4 is 17.2 Å². The molecule has 5 heteroatoms. The third-order valence-corrected chi connectivity index (χ3v) is 4.10. The molecule has 0 unspecified atom stereocenters. The Morgan fingerprint density at radius 2 is 2.35 bits per heavy atom. The van der Waals surface area contributed by atoms with Crippen molar-refractivity contribution in [2.45, 2.75) is 32.7 Å². The molecule has 4 nitrogen and oxygen atoms in total. The van der Waals surface area contributed by atoms with Gasteiger partial charge in [0.2, 0.25) is 5.91 Å². The number of hydrogen-bond acceptors (Lipinski definition) is 4. The van der Waals surface area contributed by atoms with E-state index in [0.717, 1.165) is 43.1 Å². The first-order valence-electron chi connectivity index (χ1n) is 6.21. The molecule has 1 saturated heterocycles. The van der Waals surface area contributed by atoms with Gasteiger partial charge in [0.1, 0.15) is 0 Å². The molecule has 0 spiro atoms. The largest absolute Gasteiger partial charge is 0.350 e. The number of nitrogens with zero attached hydrogens (tertiary/aromatic N) is 1. The number of piperidine rings is 1. The molecule has 0 radical (unpaired) electrons. The highest BCUT2D eigenvalue weighted by molar-refractivity contribution is 7.09. The van der Waals surface area contributed by atoms with Gasteiger partial charge in [-0.15, -0.1) is 11.3 Å². The van der Waals surface area contributed by atoms with Gasteiger partial charge in [0, 0.05) is 11.3 Å². The third-order valence-electron chi connectivity index (χ3n) is 3.06. The molecule has 0 bridgehead atoms. The van der Waals surface area contributed by atoms with E-state index in [4.69, 9.17) is 0 Å². The molecule has 1 aromatic rings. The van der Waals surface area contributed by atoms with Crippen molar-refractivity contribution < 1.29 is 4.79 Å². The molecular formula is C12H19N3OS. The van der Waals surface area contributed by atoms with Crippen molar-refractivity contribution in [3.63, 3.8) is 0 Å². The van der Waals surface area contributed by atoms with Gasteiger partial charge in [-0.2, -0.15) is 0 Å². The number of hydrogen-bond donors (Lipinski definition) is 2. The normalized spacial score (nSPS) is 17.0. The van der Waals surface area contributed by atoms with Gasteiger partial charge in [0.15, 0.2) is 0 Å². The van der Waals surface area contributed by atoms with E-state index in [2.05, 4.69) is 22.5 Å². The van der Waals surface area contributed by atoms with E-state index in [1.54, 1.807) is 11.3 Å². The molecule has 2 heterocycles. The van der Waals surface area contributed by atoms with Crippen molar-refractivity contribution in [2.75, 3.05) is 13.1 Å². The van der Waals surface area contributed by atoms with E-state index in [1.165, 1.54) is 0 Å². The van der Waals surface area contributed by atoms with Crippen LogP contribution in [0.25, 0.3) is 0 Å². The Labute approximate surface area is 106 Å².